The molecule has 3 rings (SSSR count). The molecule has 0 bridgehead atoms. The zero-order chi connectivity index (χ0) is 21.0. The summed E-state index contributed by atoms with van der Waals surface area (Å²) in [5.41, 5.74) is 0.781. The fraction of sp³-hybridized carbons (Fsp3) is 0.600. The number of nitrogens with one attached hydrogen (secondary N) is 1. The van der Waals surface area contributed by atoms with E-state index in [1.807, 2.05) is 4.90 Å². The second kappa shape index (κ2) is 9.49. The Labute approximate surface area is 177 Å². The number of carbonyl (C=O) groups excluding carboxylic acids is 1. The summed E-state index contributed by atoms with van der Waals surface area (Å²) in [6.45, 7) is 9.70. The number of thiocarbonyl (C=S) groups is 1. The van der Waals surface area contributed by atoms with E-state index in [9.17, 15) is 14.9 Å². The minimum Gasteiger partial charge on any atom is -0.346 e. The number of hydrogen-bond donors (Lipinski definition) is 1. The van der Waals surface area contributed by atoms with Gasteiger partial charge in [0, 0.05) is 57.1 Å². The lowest BCUT2D eigenvalue weighted by molar-refractivity contribution is -0.384. The van der Waals surface area contributed by atoms with Crippen molar-refractivity contribution >= 4 is 34.6 Å². The monoisotopic (exact) mass is 419 g/mol. The van der Waals surface area contributed by atoms with Crippen LogP contribution in [0.3, 0.4) is 0 Å². The predicted octanol–water partition coefficient (Wildman–Crippen LogP) is 2.41. The van der Waals surface area contributed by atoms with Gasteiger partial charge in [-0.3, -0.25) is 19.8 Å². The van der Waals surface area contributed by atoms with E-state index >= 15 is 0 Å². The van der Waals surface area contributed by atoms with Crippen molar-refractivity contribution in [3.05, 3.63) is 34.4 Å². The van der Waals surface area contributed by atoms with Gasteiger partial charge in [0.2, 0.25) is 5.91 Å². The summed E-state index contributed by atoms with van der Waals surface area (Å²) >= 11 is 5.48. The summed E-state index contributed by atoms with van der Waals surface area (Å²) in [5.74, 6) is 1.37. The van der Waals surface area contributed by atoms with Crippen molar-refractivity contribution in [1.82, 2.24) is 14.7 Å². The highest BCUT2D eigenvalue weighted by Crippen LogP contribution is 2.21. The SMILES string of the molecule is C[C@H]1C[C@H](C)CN(C(=O)CN2CCN(C(=S)Nc3ccc([N+](=O)[O-])cc3)CC2)C1. The van der Waals surface area contributed by atoms with Gasteiger partial charge in [0.25, 0.3) is 5.69 Å². The van der Waals surface area contributed by atoms with Crippen LogP contribution in [0.2, 0.25) is 0 Å². The van der Waals surface area contributed by atoms with Crippen molar-refractivity contribution in [2.24, 2.45) is 11.8 Å². The number of piperazine rings is 1. The third-order valence-electron chi connectivity index (χ3n) is 5.57. The number of nitro groups is 1. The van der Waals surface area contributed by atoms with Gasteiger partial charge in [0.05, 0.1) is 11.5 Å². The molecule has 0 radical (unpaired) electrons. The number of amides is 1. The molecule has 2 atom stereocenters. The molecule has 2 saturated heterocycles. The number of nitro benzene ring substituents is 1. The Kier molecular flexibility index (Phi) is 7.02. The number of piperidine rings is 1. The van der Waals surface area contributed by atoms with Crippen LogP contribution in [0.1, 0.15) is 20.3 Å². The molecule has 1 N–H and O–H groups in total. The third-order valence-corrected chi connectivity index (χ3v) is 5.93. The molecule has 158 valence electrons. The van der Waals surface area contributed by atoms with Crippen LogP contribution in [-0.4, -0.2) is 76.5 Å². The van der Waals surface area contributed by atoms with Gasteiger partial charge >= 0.3 is 0 Å². The number of nitrogens with zero attached hydrogens (tertiary/aromatic N) is 4. The third kappa shape index (κ3) is 5.86. The van der Waals surface area contributed by atoms with Crippen LogP contribution in [0.25, 0.3) is 0 Å². The molecule has 2 aliphatic rings. The lowest BCUT2D eigenvalue weighted by Crippen LogP contribution is -2.53. The molecular weight excluding hydrogens is 390 g/mol. The summed E-state index contributed by atoms with van der Waals surface area (Å²) in [6.07, 6.45) is 1.20. The van der Waals surface area contributed by atoms with Crippen LogP contribution in [-0.2, 0) is 4.79 Å². The summed E-state index contributed by atoms with van der Waals surface area (Å²) in [6, 6.07) is 6.22. The Morgan fingerprint density at radius 3 is 2.24 bits per heavy atom. The first-order valence-electron chi connectivity index (χ1n) is 10.1. The molecule has 1 aromatic carbocycles. The molecule has 9 heteroatoms. The zero-order valence-electron chi connectivity index (χ0n) is 17.0. The van der Waals surface area contributed by atoms with Gasteiger partial charge in [-0.2, -0.15) is 0 Å². The molecule has 2 aliphatic heterocycles. The normalized spacial score (nSPS) is 23.0. The molecule has 0 saturated carbocycles. The van der Waals surface area contributed by atoms with Crippen LogP contribution in [0.5, 0.6) is 0 Å². The highest BCUT2D eigenvalue weighted by atomic mass is 32.1. The molecule has 0 unspecified atom stereocenters. The highest BCUT2D eigenvalue weighted by Gasteiger charge is 2.27. The van der Waals surface area contributed by atoms with Crippen molar-refractivity contribution < 1.29 is 9.72 Å². The average Bonchev–Trinajstić information content (AvgIpc) is 2.68. The lowest BCUT2D eigenvalue weighted by Gasteiger charge is -2.39. The molecule has 1 aromatic rings. The van der Waals surface area contributed by atoms with Gasteiger partial charge < -0.3 is 15.1 Å². The van der Waals surface area contributed by atoms with Crippen LogP contribution >= 0.6 is 12.2 Å². The molecule has 2 heterocycles. The molecular formula is C20H29N5O3S. The molecule has 0 spiro atoms. The summed E-state index contributed by atoms with van der Waals surface area (Å²) < 4.78 is 0. The Morgan fingerprint density at radius 1 is 1.10 bits per heavy atom. The summed E-state index contributed by atoms with van der Waals surface area (Å²) in [4.78, 5) is 29.3. The molecule has 8 nitrogen and oxygen atoms in total. The van der Waals surface area contributed by atoms with Crippen molar-refractivity contribution in [2.75, 3.05) is 51.1 Å². The minimum absolute atomic E-state index is 0.0530. The van der Waals surface area contributed by atoms with E-state index in [1.54, 1.807) is 12.1 Å². The fourth-order valence-electron chi connectivity index (χ4n) is 4.14. The van der Waals surface area contributed by atoms with Gasteiger partial charge in [-0.15, -0.1) is 0 Å². The maximum atomic E-state index is 12.7. The maximum absolute atomic E-state index is 12.7. The van der Waals surface area contributed by atoms with Gasteiger partial charge in [0.1, 0.15) is 0 Å². The van der Waals surface area contributed by atoms with Crippen LogP contribution < -0.4 is 5.32 Å². The average molecular weight is 420 g/mol. The van der Waals surface area contributed by atoms with E-state index in [4.69, 9.17) is 12.2 Å². The molecule has 29 heavy (non-hydrogen) atoms. The highest BCUT2D eigenvalue weighted by molar-refractivity contribution is 7.80. The van der Waals surface area contributed by atoms with E-state index in [2.05, 4.69) is 29.0 Å². The van der Waals surface area contributed by atoms with Crippen molar-refractivity contribution in [3.8, 4) is 0 Å². The van der Waals surface area contributed by atoms with Crippen LogP contribution in [0.15, 0.2) is 24.3 Å². The number of rotatable bonds is 4. The number of likely N-dealkylation sites (tertiary alicyclic amines) is 1. The van der Waals surface area contributed by atoms with E-state index in [1.165, 1.54) is 18.6 Å². The van der Waals surface area contributed by atoms with Gasteiger partial charge in [-0.25, -0.2) is 0 Å². The van der Waals surface area contributed by atoms with E-state index < -0.39 is 4.92 Å². The molecule has 2 fully saturated rings. The molecule has 0 aliphatic carbocycles. The first-order valence-corrected chi connectivity index (χ1v) is 10.5. The Balaban J connectivity index is 1.44. The van der Waals surface area contributed by atoms with Crippen molar-refractivity contribution in [2.45, 2.75) is 20.3 Å². The topological polar surface area (TPSA) is 82.0 Å². The Bertz CT molecular complexity index is 739. The lowest BCUT2D eigenvalue weighted by atomic mass is 9.92. The minimum atomic E-state index is -0.423. The second-order valence-electron chi connectivity index (χ2n) is 8.24. The van der Waals surface area contributed by atoms with Gasteiger partial charge in [0.15, 0.2) is 5.11 Å². The summed E-state index contributed by atoms with van der Waals surface area (Å²) in [7, 11) is 0. The quantitative estimate of drug-likeness (QED) is 0.456. The predicted molar refractivity (Wildman–Crippen MR) is 117 cm³/mol. The number of carbonyl (C=O) groups is 1. The molecule has 0 aromatic heterocycles. The molecule has 1 amide bonds. The van der Waals surface area contributed by atoms with Crippen LogP contribution in [0, 0.1) is 22.0 Å². The first kappa shape index (κ1) is 21.4. The number of anilines is 1. The maximum Gasteiger partial charge on any atom is 0.269 e. The van der Waals surface area contributed by atoms with E-state index in [0.717, 1.165) is 45.0 Å². The van der Waals surface area contributed by atoms with Crippen molar-refractivity contribution in [3.63, 3.8) is 0 Å². The standard InChI is InChI=1S/C20H29N5O3S/c1-15-11-16(2)13-24(12-15)19(26)14-22-7-9-23(10-8-22)20(29)21-17-3-5-18(6-4-17)25(27)28/h3-6,15-16H,7-14H2,1-2H3,(H,21,29)/t15-,16-/m0/s1. The Morgan fingerprint density at radius 2 is 1.69 bits per heavy atom. The van der Waals surface area contributed by atoms with E-state index in [-0.39, 0.29) is 11.6 Å². The van der Waals surface area contributed by atoms with Gasteiger partial charge in [-0.1, -0.05) is 13.8 Å². The smallest absolute Gasteiger partial charge is 0.269 e. The number of hydrogen-bond acceptors (Lipinski definition) is 5. The zero-order valence-corrected chi connectivity index (χ0v) is 17.9. The first-order chi connectivity index (χ1) is 13.8. The second-order valence-corrected chi connectivity index (χ2v) is 8.63. The largest absolute Gasteiger partial charge is 0.346 e. The van der Waals surface area contributed by atoms with Gasteiger partial charge in [-0.05, 0) is 42.6 Å². The fourth-order valence-corrected chi connectivity index (χ4v) is 4.44. The van der Waals surface area contributed by atoms with Crippen molar-refractivity contribution in [1.29, 1.82) is 0 Å². The number of non-ortho nitro benzene ring substituents is 1. The van der Waals surface area contributed by atoms with Crippen LogP contribution in [0.4, 0.5) is 11.4 Å². The summed E-state index contributed by atoms with van der Waals surface area (Å²) in [5, 5.41) is 14.5. The number of benzene rings is 1. The van der Waals surface area contributed by atoms with E-state index in [0.29, 0.717) is 23.5 Å². The Hall–Kier alpha value is -2.26.